The quantitative estimate of drug-likeness (QED) is 0.798. The molecule has 0 unspecified atom stereocenters. The molecular formula is C19H19N3O2. The smallest absolute Gasteiger partial charge is 0.262 e. The molecule has 0 spiro atoms. The van der Waals surface area contributed by atoms with Crippen LogP contribution in [0, 0.1) is 20.8 Å². The van der Waals surface area contributed by atoms with Gasteiger partial charge in [0, 0.05) is 5.69 Å². The van der Waals surface area contributed by atoms with Crippen molar-refractivity contribution in [1.29, 1.82) is 0 Å². The van der Waals surface area contributed by atoms with Gasteiger partial charge >= 0.3 is 0 Å². The van der Waals surface area contributed by atoms with Gasteiger partial charge in [0.1, 0.15) is 5.82 Å². The fourth-order valence-electron chi connectivity index (χ4n) is 2.54. The van der Waals surface area contributed by atoms with Crippen LogP contribution in [0.4, 0.5) is 5.69 Å². The summed E-state index contributed by atoms with van der Waals surface area (Å²) in [4.78, 5) is 20.8. The van der Waals surface area contributed by atoms with Crippen LogP contribution < -0.4 is 10.1 Å². The van der Waals surface area contributed by atoms with Crippen LogP contribution in [0.25, 0.3) is 10.9 Å². The van der Waals surface area contributed by atoms with Gasteiger partial charge in [-0.15, -0.1) is 0 Å². The zero-order valence-corrected chi connectivity index (χ0v) is 14.0. The molecule has 0 radical (unpaired) electrons. The molecule has 24 heavy (non-hydrogen) atoms. The van der Waals surface area contributed by atoms with Crippen LogP contribution >= 0.6 is 0 Å². The molecule has 0 bridgehead atoms. The van der Waals surface area contributed by atoms with Gasteiger partial charge in [-0.2, -0.15) is 4.98 Å². The van der Waals surface area contributed by atoms with Crippen molar-refractivity contribution in [1.82, 2.24) is 9.97 Å². The highest BCUT2D eigenvalue weighted by molar-refractivity contribution is 5.93. The Kier molecular flexibility index (Phi) is 4.42. The minimum absolute atomic E-state index is 0.103. The molecule has 1 aromatic heterocycles. The number of hydrogen-bond acceptors (Lipinski definition) is 4. The van der Waals surface area contributed by atoms with Gasteiger partial charge in [0.25, 0.3) is 5.91 Å². The molecule has 122 valence electrons. The second-order valence-corrected chi connectivity index (χ2v) is 5.75. The molecule has 0 fully saturated rings. The van der Waals surface area contributed by atoms with Gasteiger partial charge in [0.05, 0.1) is 10.9 Å². The molecule has 0 aliphatic rings. The van der Waals surface area contributed by atoms with Crippen LogP contribution in [-0.4, -0.2) is 22.5 Å². The Bertz CT molecular complexity index is 906. The van der Waals surface area contributed by atoms with E-state index in [9.17, 15) is 4.79 Å². The summed E-state index contributed by atoms with van der Waals surface area (Å²) in [6, 6.07) is 13.5. The molecule has 0 saturated carbocycles. The number of carbonyl (C=O) groups excluding carboxylic acids is 1. The molecule has 0 atom stereocenters. The molecule has 3 aromatic rings. The van der Waals surface area contributed by atoms with Crippen LogP contribution in [-0.2, 0) is 4.79 Å². The number of hydrogen-bond donors (Lipinski definition) is 1. The Balaban J connectivity index is 1.73. The molecule has 1 N–H and O–H groups in total. The van der Waals surface area contributed by atoms with Crippen LogP contribution in [0.3, 0.4) is 0 Å². The number of anilines is 1. The van der Waals surface area contributed by atoms with Crippen molar-refractivity contribution < 1.29 is 9.53 Å². The van der Waals surface area contributed by atoms with E-state index in [0.717, 1.165) is 27.7 Å². The van der Waals surface area contributed by atoms with Gasteiger partial charge in [0.2, 0.25) is 5.88 Å². The van der Waals surface area contributed by atoms with Gasteiger partial charge in [0.15, 0.2) is 6.61 Å². The highest BCUT2D eigenvalue weighted by atomic mass is 16.5. The molecule has 2 aromatic carbocycles. The van der Waals surface area contributed by atoms with E-state index >= 15 is 0 Å². The van der Waals surface area contributed by atoms with E-state index < -0.39 is 0 Å². The lowest BCUT2D eigenvalue weighted by molar-refractivity contribution is -0.118. The molecule has 5 nitrogen and oxygen atoms in total. The summed E-state index contributed by atoms with van der Waals surface area (Å²) in [5.41, 5.74) is 3.77. The zero-order chi connectivity index (χ0) is 17.1. The van der Waals surface area contributed by atoms with Gasteiger partial charge in [-0.25, -0.2) is 4.98 Å². The molecule has 3 rings (SSSR count). The minimum atomic E-state index is -0.220. The number of benzene rings is 2. The maximum Gasteiger partial charge on any atom is 0.262 e. The van der Waals surface area contributed by atoms with Crippen LogP contribution in [0.2, 0.25) is 0 Å². The predicted octanol–water partition coefficient (Wildman–Crippen LogP) is 3.57. The van der Waals surface area contributed by atoms with Crippen molar-refractivity contribution >= 4 is 22.5 Å². The highest BCUT2D eigenvalue weighted by Gasteiger charge is 2.10. The van der Waals surface area contributed by atoms with E-state index in [1.54, 1.807) is 6.92 Å². The first-order valence-electron chi connectivity index (χ1n) is 7.76. The summed E-state index contributed by atoms with van der Waals surface area (Å²) in [6.07, 6.45) is 0. The Morgan fingerprint density at radius 2 is 1.88 bits per heavy atom. The maximum absolute atomic E-state index is 12.2. The number of amides is 1. The first-order chi connectivity index (χ1) is 11.5. The van der Waals surface area contributed by atoms with Gasteiger partial charge in [-0.1, -0.05) is 29.8 Å². The first-order valence-corrected chi connectivity index (χ1v) is 7.76. The Labute approximate surface area is 140 Å². The Morgan fingerprint density at radius 3 is 2.67 bits per heavy atom. The lowest BCUT2D eigenvalue weighted by atomic mass is 10.1. The maximum atomic E-state index is 12.2. The second kappa shape index (κ2) is 6.66. The first kappa shape index (κ1) is 15.9. The van der Waals surface area contributed by atoms with E-state index in [4.69, 9.17) is 4.74 Å². The van der Waals surface area contributed by atoms with Crippen molar-refractivity contribution in [3.05, 3.63) is 59.4 Å². The largest absolute Gasteiger partial charge is 0.467 e. The Hall–Kier alpha value is -2.95. The van der Waals surface area contributed by atoms with Crippen LogP contribution in [0.1, 0.15) is 17.0 Å². The summed E-state index contributed by atoms with van der Waals surface area (Å²) < 4.78 is 5.63. The number of aromatic nitrogens is 2. The average molecular weight is 321 g/mol. The summed E-state index contributed by atoms with van der Waals surface area (Å²) in [5.74, 6) is 0.815. The van der Waals surface area contributed by atoms with E-state index in [1.807, 2.05) is 56.3 Å². The third-order valence-electron chi connectivity index (χ3n) is 3.68. The highest BCUT2D eigenvalue weighted by Crippen LogP contribution is 2.22. The molecule has 0 saturated heterocycles. The summed E-state index contributed by atoms with van der Waals surface area (Å²) in [5, 5.41) is 3.66. The van der Waals surface area contributed by atoms with Gasteiger partial charge in [-0.05, 0) is 44.5 Å². The summed E-state index contributed by atoms with van der Waals surface area (Å²) in [6.45, 7) is 5.68. The SMILES string of the molecule is Cc1ccc(NC(=O)COc2nc(C)nc3ccccc23)c(C)c1. The van der Waals surface area contributed by atoms with E-state index in [-0.39, 0.29) is 12.5 Å². The van der Waals surface area contributed by atoms with Crippen molar-refractivity contribution in [3.8, 4) is 5.88 Å². The van der Waals surface area contributed by atoms with Crippen molar-refractivity contribution in [3.63, 3.8) is 0 Å². The molecule has 1 amide bonds. The number of nitrogens with zero attached hydrogens (tertiary/aromatic N) is 2. The standard InChI is InChI=1S/C19H19N3O2/c1-12-8-9-16(13(2)10-12)22-18(23)11-24-19-15-6-4-5-7-17(15)20-14(3)21-19/h4-10H,11H2,1-3H3,(H,22,23). The van der Waals surface area contributed by atoms with Crippen molar-refractivity contribution in [2.45, 2.75) is 20.8 Å². The molecular weight excluding hydrogens is 302 g/mol. The number of carbonyl (C=O) groups is 1. The lowest BCUT2D eigenvalue weighted by Gasteiger charge is -2.11. The number of rotatable bonds is 4. The zero-order valence-electron chi connectivity index (χ0n) is 14.0. The van der Waals surface area contributed by atoms with Crippen molar-refractivity contribution in [2.75, 3.05) is 11.9 Å². The number of fused-ring (bicyclic) bond motifs is 1. The van der Waals surface area contributed by atoms with E-state index in [1.165, 1.54) is 0 Å². The fourth-order valence-corrected chi connectivity index (χ4v) is 2.54. The Morgan fingerprint density at radius 1 is 1.08 bits per heavy atom. The number of aryl methyl sites for hydroxylation is 3. The molecule has 0 aliphatic heterocycles. The summed E-state index contributed by atoms with van der Waals surface area (Å²) in [7, 11) is 0. The van der Waals surface area contributed by atoms with Crippen LogP contribution in [0.15, 0.2) is 42.5 Å². The number of para-hydroxylation sites is 1. The van der Waals surface area contributed by atoms with E-state index in [0.29, 0.717) is 11.7 Å². The molecule has 5 heteroatoms. The topological polar surface area (TPSA) is 64.1 Å². The van der Waals surface area contributed by atoms with Gasteiger partial charge < -0.3 is 10.1 Å². The number of ether oxygens (including phenoxy) is 1. The third kappa shape index (κ3) is 3.51. The predicted molar refractivity (Wildman–Crippen MR) is 94.3 cm³/mol. The molecule has 0 aliphatic carbocycles. The normalized spacial score (nSPS) is 10.6. The second-order valence-electron chi connectivity index (χ2n) is 5.75. The van der Waals surface area contributed by atoms with Crippen molar-refractivity contribution in [2.24, 2.45) is 0 Å². The van der Waals surface area contributed by atoms with Crippen LogP contribution in [0.5, 0.6) is 5.88 Å². The molecule has 1 heterocycles. The number of nitrogens with one attached hydrogen (secondary N) is 1. The van der Waals surface area contributed by atoms with E-state index in [2.05, 4.69) is 15.3 Å². The average Bonchev–Trinajstić information content (AvgIpc) is 2.55. The fraction of sp³-hybridized carbons (Fsp3) is 0.211. The lowest BCUT2D eigenvalue weighted by Crippen LogP contribution is -2.21. The monoisotopic (exact) mass is 321 g/mol. The summed E-state index contributed by atoms with van der Waals surface area (Å²) >= 11 is 0. The van der Waals surface area contributed by atoms with Gasteiger partial charge in [-0.3, -0.25) is 4.79 Å². The minimum Gasteiger partial charge on any atom is -0.467 e. The third-order valence-corrected chi connectivity index (χ3v) is 3.68.